The van der Waals surface area contributed by atoms with E-state index in [1.165, 1.54) is 0 Å². The van der Waals surface area contributed by atoms with Gasteiger partial charge in [0.1, 0.15) is 15.8 Å². The second kappa shape index (κ2) is 8.42. The fourth-order valence-electron chi connectivity index (χ4n) is 6.77. The molecule has 5 nitrogen and oxygen atoms in total. The smallest absolute Gasteiger partial charge is 0.247 e. The van der Waals surface area contributed by atoms with E-state index in [0.717, 1.165) is 38.3 Å². The minimum Gasteiger partial charge on any atom is -0.324 e. The number of aryl methyl sites for hydroxylation is 1. The van der Waals surface area contributed by atoms with Crippen molar-refractivity contribution in [3.63, 3.8) is 0 Å². The fourth-order valence-corrected chi connectivity index (χ4v) is 7.87. The summed E-state index contributed by atoms with van der Waals surface area (Å²) in [6, 6.07) is 19.7. The first kappa shape index (κ1) is 25.1. The van der Waals surface area contributed by atoms with Gasteiger partial charge in [-0.05, 0) is 59.2 Å². The lowest BCUT2D eigenvalue weighted by atomic mass is 9.54. The summed E-state index contributed by atoms with van der Waals surface area (Å²) in [6.07, 6.45) is 0. The highest BCUT2D eigenvalue weighted by molar-refractivity contribution is 6.36. The summed E-state index contributed by atoms with van der Waals surface area (Å²) in [6.45, 7) is 7.56. The standard InChI is InChI=1S/C31H28Cl2N2O3/c1-16(2)26(27(36)34-23-15-9-10-17(3)18(23)4)35-28(37)24-25(29(35)38)31(33)20-12-6-5-11-19(20)30(24,32)21-13-7-8-14-22(21)31/h5-16,24-26H,1-4H3,(H,34,36)/t24-,25-,26-,30?,31?/m0/s1. The Morgan fingerprint density at radius 1 is 0.789 bits per heavy atom. The minimum atomic E-state index is -1.28. The van der Waals surface area contributed by atoms with E-state index >= 15 is 0 Å². The summed E-state index contributed by atoms with van der Waals surface area (Å²) in [5, 5.41) is 2.97. The van der Waals surface area contributed by atoms with E-state index in [9.17, 15) is 14.4 Å². The van der Waals surface area contributed by atoms with Gasteiger partial charge in [-0.2, -0.15) is 0 Å². The van der Waals surface area contributed by atoms with Crippen LogP contribution in [0.1, 0.15) is 47.2 Å². The van der Waals surface area contributed by atoms with Crippen LogP contribution in [0.25, 0.3) is 0 Å². The van der Waals surface area contributed by atoms with Crippen molar-refractivity contribution in [1.29, 1.82) is 0 Å². The normalized spacial score (nSPS) is 27.7. The predicted molar refractivity (Wildman–Crippen MR) is 148 cm³/mol. The molecule has 38 heavy (non-hydrogen) atoms. The van der Waals surface area contributed by atoms with Gasteiger partial charge in [0, 0.05) is 5.69 Å². The Morgan fingerprint density at radius 2 is 1.24 bits per heavy atom. The lowest BCUT2D eigenvalue weighted by Crippen LogP contribution is -2.57. The van der Waals surface area contributed by atoms with E-state index in [2.05, 4.69) is 5.32 Å². The summed E-state index contributed by atoms with van der Waals surface area (Å²) in [5.74, 6) is -3.54. The molecule has 3 aromatic rings. The molecule has 1 saturated heterocycles. The van der Waals surface area contributed by atoms with Crippen molar-refractivity contribution < 1.29 is 14.4 Å². The number of amides is 3. The molecule has 1 heterocycles. The van der Waals surface area contributed by atoms with Gasteiger partial charge in [0.05, 0.1) is 11.8 Å². The highest BCUT2D eigenvalue weighted by atomic mass is 35.5. The van der Waals surface area contributed by atoms with Crippen molar-refractivity contribution in [3.8, 4) is 0 Å². The second-order valence-electron chi connectivity index (χ2n) is 10.9. The number of hydrogen-bond acceptors (Lipinski definition) is 3. The number of nitrogens with one attached hydrogen (secondary N) is 1. The van der Waals surface area contributed by atoms with Crippen LogP contribution in [0.4, 0.5) is 5.69 Å². The van der Waals surface area contributed by atoms with Crippen LogP contribution in [-0.2, 0) is 24.1 Å². The van der Waals surface area contributed by atoms with Gasteiger partial charge in [-0.3, -0.25) is 19.3 Å². The number of likely N-dealkylation sites (tertiary alicyclic amines) is 1. The molecule has 1 fully saturated rings. The number of carbonyl (C=O) groups excluding carboxylic acids is 3. The monoisotopic (exact) mass is 546 g/mol. The molecule has 0 spiro atoms. The molecular weight excluding hydrogens is 519 g/mol. The summed E-state index contributed by atoms with van der Waals surface area (Å²) in [4.78, 5) is 41.0. The summed E-state index contributed by atoms with van der Waals surface area (Å²) in [7, 11) is 0. The number of imide groups is 1. The van der Waals surface area contributed by atoms with Crippen molar-refractivity contribution >= 4 is 46.6 Å². The van der Waals surface area contributed by atoms with Gasteiger partial charge >= 0.3 is 0 Å². The highest BCUT2D eigenvalue weighted by Crippen LogP contribution is 2.69. The van der Waals surface area contributed by atoms with Crippen LogP contribution in [0, 0.1) is 31.6 Å². The quantitative estimate of drug-likeness (QED) is 0.329. The predicted octanol–water partition coefficient (Wildman–Crippen LogP) is 5.86. The maximum absolute atomic E-state index is 14.3. The fraction of sp³-hybridized carbons (Fsp3) is 0.323. The Hall–Kier alpha value is -3.15. The highest BCUT2D eigenvalue weighted by Gasteiger charge is 2.73. The second-order valence-corrected chi connectivity index (χ2v) is 12.1. The van der Waals surface area contributed by atoms with Gasteiger partial charge in [-0.25, -0.2) is 0 Å². The average Bonchev–Trinajstić information content (AvgIpc) is 3.16. The number of anilines is 1. The van der Waals surface area contributed by atoms with Crippen LogP contribution in [0.15, 0.2) is 66.7 Å². The van der Waals surface area contributed by atoms with Crippen LogP contribution in [0.2, 0.25) is 0 Å². The van der Waals surface area contributed by atoms with Crippen LogP contribution in [0.5, 0.6) is 0 Å². The van der Waals surface area contributed by atoms with Crippen molar-refractivity contribution in [1.82, 2.24) is 4.90 Å². The molecule has 3 amide bonds. The molecule has 3 aromatic carbocycles. The lowest BCUT2D eigenvalue weighted by Gasteiger charge is -2.54. The van der Waals surface area contributed by atoms with E-state index in [4.69, 9.17) is 23.2 Å². The summed E-state index contributed by atoms with van der Waals surface area (Å²) >= 11 is 15.0. The first-order valence-corrected chi connectivity index (χ1v) is 13.6. The number of hydrogen-bond donors (Lipinski definition) is 1. The molecule has 0 saturated carbocycles. The zero-order valence-electron chi connectivity index (χ0n) is 21.6. The van der Waals surface area contributed by atoms with Gasteiger partial charge in [0.15, 0.2) is 0 Å². The van der Waals surface area contributed by atoms with Crippen LogP contribution >= 0.6 is 23.2 Å². The van der Waals surface area contributed by atoms with E-state index in [1.807, 2.05) is 94.4 Å². The number of carbonyl (C=O) groups is 3. The number of halogens is 2. The van der Waals surface area contributed by atoms with Crippen LogP contribution in [-0.4, -0.2) is 28.7 Å². The Labute approximate surface area is 232 Å². The summed E-state index contributed by atoms with van der Waals surface area (Å²) < 4.78 is 0. The van der Waals surface area contributed by atoms with Crippen molar-refractivity contribution in [2.75, 3.05) is 5.32 Å². The molecule has 194 valence electrons. The van der Waals surface area contributed by atoms with Gasteiger partial charge in [0.25, 0.3) is 0 Å². The van der Waals surface area contributed by atoms with E-state index in [1.54, 1.807) is 0 Å². The van der Waals surface area contributed by atoms with Crippen molar-refractivity contribution in [2.45, 2.75) is 43.5 Å². The molecule has 3 aliphatic carbocycles. The number of alkyl halides is 2. The zero-order chi connectivity index (χ0) is 27.1. The molecule has 7 rings (SSSR count). The first-order valence-electron chi connectivity index (χ1n) is 12.9. The van der Waals surface area contributed by atoms with Crippen LogP contribution in [0.3, 0.4) is 0 Å². The summed E-state index contributed by atoms with van der Waals surface area (Å²) in [5.41, 5.74) is 5.56. The molecule has 0 aromatic heterocycles. The van der Waals surface area contributed by atoms with E-state index < -0.39 is 45.3 Å². The van der Waals surface area contributed by atoms with Gasteiger partial charge in [-0.15, -0.1) is 23.2 Å². The van der Waals surface area contributed by atoms with Crippen molar-refractivity contribution in [2.24, 2.45) is 17.8 Å². The van der Waals surface area contributed by atoms with Gasteiger partial charge < -0.3 is 5.32 Å². The number of nitrogens with zero attached hydrogens (tertiary/aromatic N) is 1. The maximum atomic E-state index is 14.3. The molecule has 0 unspecified atom stereocenters. The first-order chi connectivity index (χ1) is 18.0. The topological polar surface area (TPSA) is 66.5 Å². The molecule has 7 heteroatoms. The molecule has 0 radical (unpaired) electrons. The molecule has 1 aliphatic heterocycles. The molecule has 3 atom stereocenters. The number of rotatable bonds is 4. The Bertz CT molecular complexity index is 1410. The minimum absolute atomic E-state index is 0.340. The molecule has 2 bridgehead atoms. The maximum Gasteiger partial charge on any atom is 0.247 e. The third-order valence-corrected chi connectivity index (χ3v) is 9.94. The van der Waals surface area contributed by atoms with E-state index in [0.29, 0.717) is 5.69 Å². The average molecular weight is 547 g/mol. The van der Waals surface area contributed by atoms with E-state index in [-0.39, 0.29) is 5.92 Å². The number of benzene rings is 3. The van der Waals surface area contributed by atoms with Crippen LogP contribution < -0.4 is 5.32 Å². The Morgan fingerprint density at radius 3 is 1.66 bits per heavy atom. The Kier molecular flexibility index (Phi) is 5.57. The molecular formula is C31H28Cl2N2O3. The third kappa shape index (κ3) is 3.03. The zero-order valence-corrected chi connectivity index (χ0v) is 23.1. The largest absolute Gasteiger partial charge is 0.324 e. The Balaban J connectivity index is 1.49. The van der Waals surface area contributed by atoms with Gasteiger partial charge in [-0.1, -0.05) is 74.5 Å². The van der Waals surface area contributed by atoms with Gasteiger partial charge in [0.2, 0.25) is 17.7 Å². The molecule has 1 N–H and O–H groups in total. The lowest BCUT2D eigenvalue weighted by molar-refractivity contribution is -0.148. The van der Waals surface area contributed by atoms with Crippen molar-refractivity contribution in [3.05, 3.63) is 100 Å². The third-order valence-electron chi connectivity index (χ3n) is 8.66. The SMILES string of the molecule is Cc1cccc(NC(=O)[C@H](C(C)C)N2C(=O)[C@@H]3[C@@H](C2=O)C2(Cl)c4ccccc4C3(Cl)c3ccccc32)c1C. The molecule has 4 aliphatic rings.